The van der Waals surface area contributed by atoms with Gasteiger partial charge in [0.25, 0.3) is 5.69 Å². The summed E-state index contributed by atoms with van der Waals surface area (Å²) in [5.74, 6) is 0. The van der Waals surface area contributed by atoms with Gasteiger partial charge in [0.2, 0.25) is 0 Å². The number of pyridine rings is 1. The number of nitrogens with zero attached hydrogens (tertiary/aromatic N) is 2. The van der Waals surface area contributed by atoms with E-state index in [1.165, 1.54) is 12.3 Å². The average Bonchev–Trinajstić information content (AvgIpc) is 1.88. The molecule has 0 amide bonds. The van der Waals surface area contributed by atoms with Crippen molar-refractivity contribution in [2.24, 2.45) is 0 Å². The smallest absolute Gasteiger partial charge is 0.258 e. The maximum Gasteiger partial charge on any atom is 0.289 e. The van der Waals surface area contributed by atoms with Crippen molar-refractivity contribution in [3.05, 3.63) is 33.6 Å². The second kappa shape index (κ2) is 2.62. The molecule has 1 heterocycles. The third-order valence-corrected chi connectivity index (χ3v) is 1.11. The highest BCUT2D eigenvalue weighted by atomic mass is 35.5. The first-order valence-electron chi connectivity index (χ1n) is 2.45. The van der Waals surface area contributed by atoms with E-state index in [9.17, 15) is 10.1 Å². The van der Waals surface area contributed by atoms with Crippen molar-refractivity contribution in [2.45, 2.75) is 0 Å². The van der Waals surface area contributed by atoms with Crippen molar-refractivity contribution in [1.29, 1.82) is 0 Å². The molecule has 0 N–H and O–H groups in total. The van der Waals surface area contributed by atoms with E-state index < -0.39 is 4.92 Å². The summed E-state index contributed by atoms with van der Waals surface area (Å²) in [5, 5.41) is 10.3. The number of halogens is 1. The lowest BCUT2D eigenvalue weighted by molar-refractivity contribution is -0.385. The minimum Gasteiger partial charge on any atom is -0.258 e. The van der Waals surface area contributed by atoms with Crippen molar-refractivity contribution in [3.8, 4) is 0 Å². The van der Waals surface area contributed by atoms with E-state index in [1.54, 1.807) is 0 Å². The monoisotopic (exact) mass is 158 g/mol. The molecule has 1 aromatic rings. The van der Waals surface area contributed by atoms with Crippen LogP contribution in [0.25, 0.3) is 0 Å². The van der Waals surface area contributed by atoms with Crippen molar-refractivity contribution in [2.75, 3.05) is 0 Å². The first-order valence-corrected chi connectivity index (χ1v) is 2.83. The number of nitro groups is 1. The van der Waals surface area contributed by atoms with Crippen LogP contribution in [0.15, 0.2) is 18.5 Å². The third kappa shape index (κ3) is 1.41. The summed E-state index contributed by atoms with van der Waals surface area (Å²) in [6.45, 7) is 0. The Balaban J connectivity index is 3.07. The molecule has 10 heavy (non-hydrogen) atoms. The topological polar surface area (TPSA) is 56.0 Å². The molecule has 0 aromatic carbocycles. The minimum atomic E-state index is -0.543. The van der Waals surface area contributed by atoms with Gasteiger partial charge >= 0.3 is 0 Å². The van der Waals surface area contributed by atoms with Crippen LogP contribution in [0.4, 0.5) is 5.69 Å². The lowest BCUT2D eigenvalue weighted by Gasteiger charge is -1.88. The van der Waals surface area contributed by atoms with Gasteiger partial charge in [-0.25, -0.2) is 0 Å². The Kier molecular flexibility index (Phi) is 1.82. The molecular weight excluding hydrogens is 156 g/mol. The zero-order valence-corrected chi connectivity index (χ0v) is 5.58. The Labute approximate surface area is 61.6 Å². The molecule has 0 aliphatic rings. The van der Waals surface area contributed by atoms with Crippen LogP contribution < -0.4 is 0 Å². The summed E-state index contributed by atoms with van der Waals surface area (Å²) in [6, 6.07) is 1.24. The van der Waals surface area contributed by atoms with Gasteiger partial charge in [-0.05, 0) is 0 Å². The number of aromatic nitrogens is 1. The Morgan fingerprint density at radius 1 is 1.60 bits per heavy atom. The summed E-state index contributed by atoms with van der Waals surface area (Å²) in [4.78, 5) is 13.0. The molecule has 0 atom stereocenters. The van der Waals surface area contributed by atoms with Crippen LogP contribution in [0, 0.1) is 10.1 Å². The number of hydrogen-bond acceptors (Lipinski definition) is 3. The fourth-order valence-electron chi connectivity index (χ4n) is 0.500. The van der Waals surface area contributed by atoms with Gasteiger partial charge in [-0.15, -0.1) is 0 Å². The maximum absolute atomic E-state index is 10.1. The summed E-state index contributed by atoms with van der Waals surface area (Å²) in [5.41, 5.74) is -0.0903. The molecule has 5 heteroatoms. The van der Waals surface area contributed by atoms with Crippen LogP contribution in [0.3, 0.4) is 0 Å². The third-order valence-electron chi connectivity index (χ3n) is 0.901. The maximum atomic E-state index is 10.1. The van der Waals surface area contributed by atoms with Gasteiger partial charge < -0.3 is 0 Å². The fourth-order valence-corrected chi connectivity index (χ4v) is 0.669. The standard InChI is InChI=1S/C5H3ClN2O2/c6-4-1-5(8(9)10)3-7-2-4/h1-3H. The van der Waals surface area contributed by atoms with E-state index in [0.29, 0.717) is 0 Å². The predicted molar refractivity (Wildman–Crippen MR) is 35.9 cm³/mol. The first-order chi connectivity index (χ1) is 4.70. The van der Waals surface area contributed by atoms with Crippen molar-refractivity contribution >= 4 is 17.3 Å². The van der Waals surface area contributed by atoms with Gasteiger partial charge in [0.15, 0.2) is 0 Å². The van der Waals surface area contributed by atoms with Gasteiger partial charge in [0.05, 0.1) is 9.95 Å². The van der Waals surface area contributed by atoms with Gasteiger partial charge in [-0.3, -0.25) is 15.1 Å². The second-order valence-electron chi connectivity index (χ2n) is 1.62. The molecule has 0 bridgehead atoms. The summed E-state index contributed by atoms with van der Waals surface area (Å²) in [6.07, 6.45) is 2.49. The van der Waals surface area contributed by atoms with Crippen LogP contribution in [-0.4, -0.2) is 9.91 Å². The molecule has 4 nitrogen and oxygen atoms in total. The van der Waals surface area contributed by atoms with E-state index in [4.69, 9.17) is 11.6 Å². The van der Waals surface area contributed by atoms with E-state index in [1.807, 2.05) is 0 Å². The van der Waals surface area contributed by atoms with E-state index in [-0.39, 0.29) is 10.7 Å². The Bertz CT molecular complexity index is 264. The number of hydrogen-bond donors (Lipinski definition) is 0. The summed E-state index contributed by atoms with van der Waals surface area (Å²) in [7, 11) is 0. The molecule has 0 spiro atoms. The summed E-state index contributed by atoms with van der Waals surface area (Å²) >= 11 is 5.42. The Hall–Kier alpha value is -1.16. The van der Waals surface area contributed by atoms with Crippen molar-refractivity contribution < 1.29 is 4.92 Å². The lowest BCUT2D eigenvalue weighted by Crippen LogP contribution is -1.87. The zero-order chi connectivity index (χ0) is 7.56. The minimum absolute atomic E-state index is 0.0903. The highest BCUT2D eigenvalue weighted by Crippen LogP contribution is 2.14. The normalized spacial score (nSPS) is 9.30. The molecule has 0 aliphatic carbocycles. The largest absolute Gasteiger partial charge is 0.289 e. The molecule has 0 saturated heterocycles. The SMILES string of the molecule is O=[N+]([O-])c1cncc(Cl)c1. The van der Waals surface area contributed by atoms with Gasteiger partial charge in [0.1, 0.15) is 6.20 Å². The van der Waals surface area contributed by atoms with Crippen LogP contribution >= 0.6 is 11.6 Å². The number of rotatable bonds is 1. The van der Waals surface area contributed by atoms with Crippen LogP contribution in [0.5, 0.6) is 0 Å². The predicted octanol–water partition coefficient (Wildman–Crippen LogP) is 1.64. The average molecular weight is 159 g/mol. The van der Waals surface area contributed by atoms with Crippen LogP contribution in [-0.2, 0) is 0 Å². The van der Waals surface area contributed by atoms with Gasteiger partial charge in [0, 0.05) is 12.3 Å². The van der Waals surface area contributed by atoms with Crippen molar-refractivity contribution in [3.63, 3.8) is 0 Å². The fraction of sp³-hybridized carbons (Fsp3) is 0. The summed E-state index contributed by atoms with van der Waals surface area (Å²) < 4.78 is 0. The molecule has 0 fully saturated rings. The molecule has 52 valence electrons. The zero-order valence-electron chi connectivity index (χ0n) is 4.82. The van der Waals surface area contributed by atoms with E-state index >= 15 is 0 Å². The van der Waals surface area contributed by atoms with Crippen LogP contribution in [0.2, 0.25) is 5.02 Å². The highest BCUT2D eigenvalue weighted by Gasteiger charge is 2.03. The second-order valence-corrected chi connectivity index (χ2v) is 2.05. The molecule has 0 saturated carbocycles. The Morgan fingerprint density at radius 2 is 2.30 bits per heavy atom. The molecule has 0 radical (unpaired) electrons. The van der Waals surface area contributed by atoms with Crippen molar-refractivity contribution in [1.82, 2.24) is 4.98 Å². The van der Waals surface area contributed by atoms with E-state index in [0.717, 1.165) is 6.20 Å². The quantitative estimate of drug-likeness (QED) is 0.461. The molecular formula is C5H3ClN2O2. The Morgan fingerprint density at radius 3 is 2.70 bits per heavy atom. The van der Waals surface area contributed by atoms with Gasteiger partial charge in [-0.1, -0.05) is 11.6 Å². The van der Waals surface area contributed by atoms with Gasteiger partial charge in [-0.2, -0.15) is 0 Å². The molecule has 1 aromatic heterocycles. The molecule has 0 aliphatic heterocycles. The van der Waals surface area contributed by atoms with Crippen LogP contribution in [0.1, 0.15) is 0 Å². The highest BCUT2D eigenvalue weighted by molar-refractivity contribution is 6.30. The first kappa shape index (κ1) is 6.95. The van der Waals surface area contributed by atoms with E-state index in [2.05, 4.69) is 4.98 Å². The lowest BCUT2D eigenvalue weighted by atomic mass is 10.4. The molecule has 1 rings (SSSR count). The molecule has 0 unspecified atom stereocenters.